The Labute approximate surface area is 168 Å². The van der Waals surface area contributed by atoms with Crippen LogP contribution in [-0.2, 0) is 9.53 Å². The summed E-state index contributed by atoms with van der Waals surface area (Å²) < 4.78 is 22.2. The van der Waals surface area contributed by atoms with Crippen LogP contribution in [0.1, 0.15) is 0 Å². The minimum absolute atomic E-state index is 0.0141. The van der Waals surface area contributed by atoms with Gasteiger partial charge in [-0.2, -0.15) is 0 Å². The molecule has 0 bridgehead atoms. The van der Waals surface area contributed by atoms with Gasteiger partial charge in [0.2, 0.25) is 12.7 Å². The Balaban J connectivity index is 1.26. The van der Waals surface area contributed by atoms with E-state index in [1.165, 1.54) is 11.8 Å². The Morgan fingerprint density at radius 2 is 2.04 bits per heavy atom. The molecule has 1 fully saturated rings. The molecule has 1 atom stereocenters. The Morgan fingerprint density at radius 3 is 2.93 bits per heavy atom. The van der Waals surface area contributed by atoms with Gasteiger partial charge < -0.3 is 23.8 Å². The first kappa shape index (κ1) is 18.7. The Bertz CT molecular complexity index is 842. The first-order chi connectivity index (χ1) is 13.8. The van der Waals surface area contributed by atoms with E-state index in [0.717, 1.165) is 10.6 Å². The summed E-state index contributed by atoms with van der Waals surface area (Å²) >= 11 is 1.52. The SMILES string of the molecule is O=C(/C=C/Sc1ccccc1)N1CCOC(COc2ccc3c(c2)OCO3)C1. The molecule has 0 N–H and O–H groups in total. The van der Waals surface area contributed by atoms with Gasteiger partial charge in [-0.05, 0) is 29.7 Å². The second kappa shape index (κ2) is 9.03. The lowest BCUT2D eigenvalue weighted by Crippen LogP contribution is -2.47. The van der Waals surface area contributed by atoms with E-state index in [2.05, 4.69) is 0 Å². The van der Waals surface area contributed by atoms with Gasteiger partial charge in [0.15, 0.2) is 11.5 Å². The van der Waals surface area contributed by atoms with E-state index in [4.69, 9.17) is 18.9 Å². The van der Waals surface area contributed by atoms with Crippen LogP contribution in [0, 0.1) is 0 Å². The van der Waals surface area contributed by atoms with Gasteiger partial charge in [0.05, 0.1) is 13.2 Å². The molecule has 0 aromatic heterocycles. The summed E-state index contributed by atoms with van der Waals surface area (Å²) in [6, 6.07) is 15.4. The minimum atomic E-state index is -0.168. The van der Waals surface area contributed by atoms with Crippen LogP contribution in [0.2, 0.25) is 0 Å². The number of morpholine rings is 1. The number of thioether (sulfide) groups is 1. The van der Waals surface area contributed by atoms with Crippen LogP contribution in [0.25, 0.3) is 0 Å². The van der Waals surface area contributed by atoms with Gasteiger partial charge in [0, 0.05) is 23.6 Å². The molecule has 2 aromatic carbocycles. The van der Waals surface area contributed by atoms with Gasteiger partial charge in [-0.25, -0.2) is 0 Å². The van der Waals surface area contributed by atoms with Crippen LogP contribution < -0.4 is 14.2 Å². The third kappa shape index (κ3) is 4.79. The highest BCUT2D eigenvalue weighted by Crippen LogP contribution is 2.35. The molecule has 28 heavy (non-hydrogen) atoms. The first-order valence-corrected chi connectivity index (χ1v) is 9.97. The minimum Gasteiger partial charge on any atom is -0.491 e. The van der Waals surface area contributed by atoms with Crippen molar-refractivity contribution in [1.29, 1.82) is 0 Å². The van der Waals surface area contributed by atoms with Gasteiger partial charge in [0.25, 0.3) is 0 Å². The molecule has 2 aliphatic rings. The van der Waals surface area contributed by atoms with E-state index in [0.29, 0.717) is 37.8 Å². The average molecular weight is 399 g/mol. The molecular formula is C21H21NO5S. The molecule has 146 valence electrons. The summed E-state index contributed by atoms with van der Waals surface area (Å²) in [5.74, 6) is 2.08. The van der Waals surface area contributed by atoms with Crippen molar-refractivity contribution in [1.82, 2.24) is 4.90 Å². The lowest BCUT2D eigenvalue weighted by atomic mass is 10.2. The topological polar surface area (TPSA) is 57.2 Å². The maximum Gasteiger partial charge on any atom is 0.247 e. The highest BCUT2D eigenvalue weighted by atomic mass is 32.2. The van der Waals surface area contributed by atoms with Crippen LogP contribution in [0.4, 0.5) is 0 Å². The first-order valence-electron chi connectivity index (χ1n) is 9.09. The number of nitrogens with zero attached hydrogens (tertiary/aromatic N) is 1. The molecule has 1 amide bonds. The zero-order valence-electron chi connectivity index (χ0n) is 15.3. The fourth-order valence-corrected chi connectivity index (χ4v) is 3.61. The molecule has 1 saturated heterocycles. The van der Waals surface area contributed by atoms with Crippen molar-refractivity contribution >= 4 is 17.7 Å². The summed E-state index contributed by atoms with van der Waals surface area (Å²) in [5.41, 5.74) is 0. The number of amides is 1. The van der Waals surface area contributed by atoms with Gasteiger partial charge in [-0.1, -0.05) is 30.0 Å². The lowest BCUT2D eigenvalue weighted by molar-refractivity contribution is -0.134. The zero-order valence-corrected chi connectivity index (χ0v) is 16.1. The van der Waals surface area contributed by atoms with E-state index >= 15 is 0 Å². The predicted molar refractivity (Wildman–Crippen MR) is 106 cm³/mol. The maximum absolute atomic E-state index is 12.4. The average Bonchev–Trinajstić information content (AvgIpc) is 3.21. The molecule has 0 radical (unpaired) electrons. The van der Waals surface area contributed by atoms with Crippen molar-refractivity contribution in [2.45, 2.75) is 11.0 Å². The van der Waals surface area contributed by atoms with Gasteiger partial charge in [-0.3, -0.25) is 4.79 Å². The lowest BCUT2D eigenvalue weighted by Gasteiger charge is -2.32. The summed E-state index contributed by atoms with van der Waals surface area (Å²) in [6.45, 7) is 2.19. The molecule has 6 nitrogen and oxygen atoms in total. The second-order valence-corrected chi connectivity index (χ2v) is 7.32. The zero-order chi connectivity index (χ0) is 19.2. The smallest absolute Gasteiger partial charge is 0.247 e. The quantitative estimate of drug-likeness (QED) is 0.549. The largest absolute Gasteiger partial charge is 0.491 e. The fourth-order valence-electron chi connectivity index (χ4n) is 2.95. The molecule has 0 aliphatic carbocycles. The third-order valence-corrected chi connectivity index (χ3v) is 5.20. The normalized spacial score (nSPS) is 18.4. The standard InChI is InChI=1S/C21H21NO5S/c23-21(8-11-28-18-4-2-1-3-5-18)22-9-10-24-17(13-22)14-25-16-6-7-19-20(12-16)27-15-26-19/h1-8,11-12,17H,9-10,13-15H2/b11-8+. The summed E-state index contributed by atoms with van der Waals surface area (Å²) in [4.78, 5) is 15.3. The molecule has 7 heteroatoms. The van der Waals surface area contributed by atoms with Crippen molar-refractivity contribution in [3.05, 3.63) is 60.0 Å². The molecule has 2 aliphatic heterocycles. The van der Waals surface area contributed by atoms with Crippen molar-refractivity contribution in [3.63, 3.8) is 0 Å². The van der Waals surface area contributed by atoms with Crippen LogP contribution >= 0.6 is 11.8 Å². The molecule has 2 heterocycles. The summed E-state index contributed by atoms with van der Waals surface area (Å²) in [6.07, 6.45) is 1.44. The number of carbonyl (C=O) groups excluding carboxylic acids is 1. The molecule has 0 spiro atoms. The van der Waals surface area contributed by atoms with E-state index in [-0.39, 0.29) is 18.8 Å². The van der Waals surface area contributed by atoms with E-state index < -0.39 is 0 Å². The number of benzene rings is 2. The monoisotopic (exact) mass is 399 g/mol. The molecule has 1 unspecified atom stereocenters. The number of hydrogen-bond acceptors (Lipinski definition) is 6. The van der Waals surface area contributed by atoms with Crippen molar-refractivity contribution in [2.24, 2.45) is 0 Å². The van der Waals surface area contributed by atoms with E-state index in [9.17, 15) is 4.79 Å². The Morgan fingerprint density at radius 1 is 1.18 bits per heavy atom. The summed E-state index contributed by atoms with van der Waals surface area (Å²) in [5, 5.41) is 1.82. The highest BCUT2D eigenvalue weighted by molar-refractivity contribution is 8.02. The number of rotatable bonds is 6. The molecule has 4 rings (SSSR count). The maximum atomic E-state index is 12.4. The van der Waals surface area contributed by atoms with Crippen LogP contribution in [0.3, 0.4) is 0 Å². The number of ether oxygens (including phenoxy) is 4. The highest BCUT2D eigenvalue weighted by Gasteiger charge is 2.24. The Hall–Kier alpha value is -2.64. The van der Waals surface area contributed by atoms with Crippen LogP contribution in [-0.4, -0.2) is 50.0 Å². The van der Waals surface area contributed by atoms with Crippen molar-refractivity contribution < 1.29 is 23.7 Å². The van der Waals surface area contributed by atoms with Gasteiger partial charge >= 0.3 is 0 Å². The van der Waals surface area contributed by atoms with Crippen molar-refractivity contribution in [2.75, 3.05) is 33.1 Å². The third-order valence-electron chi connectivity index (χ3n) is 4.39. The van der Waals surface area contributed by atoms with Crippen LogP contribution in [0.5, 0.6) is 17.2 Å². The summed E-state index contributed by atoms with van der Waals surface area (Å²) in [7, 11) is 0. The molecule has 2 aromatic rings. The number of fused-ring (bicyclic) bond motifs is 1. The van der Waals surface area contributed by atoms with Gasteiger partial charge in [0.1, 0.15) is 18.5 Å². The second-order valence-electron chi connectivity index (χ2n) is 6.34. The predicted octanol–water partition coefficient (Wildman–Crippen LogP) is 3.33. The van der Waals surface area contributed by atoms with Gasteiger partial charge in [-0.15, -0.1) is 0 Å². The fraction of sp³-hybridized carbons (Fsp3) is 0.286. The molecule has 0 saturated carbocycles. The number of hydrogen-bond donors (Lipinski definition) is 0. The van der Waals surface area contributed by atoms with Crippen LogP contribution in [0.15, 0.2) is 64.9 Å². The van der Waals surface area contributed by atoms with E-state index in [1.54, 1.807) is 17.0 Å². The molecular weight excluding hydrogens is 378 g/mol. The Kier molecular flexibility index (Phi) is 6.04. The van der Waals surface area contributed by atoms with E-state index in [1.807, 2.05) is 47.9 Å². The van der Waals surface area contributed by atoms with Crippen molar-refractivity contribution in [3.8, 4) is 17.2 Å². The number of carbonyl (C=O) groups is 1.